The number of rotatable bonds is 5. The summed E-state index contributed by atoms with van der Waals surface area (Å²) in [5, 5.41) is 10.4. The first-order valence-electron chi connectivity index (χ1n) is 7.12. The number of hydrogen-bond donors (Lipinski definition) is 1. The molecule has 112 valence electrons. The zero-order chi connectivity index (χ0) is 15.4. The summed E-state index contributed by atoms with van der Waals surface area (Å²) in [5.41, 5.74) is 2.31. The SMILES string of the molecule is CC(C)Cc1cccc(C(O)c2cccc(C(F)F)c2)c1. The maximum absolute atomic E-state index is 12.7. The molecule has 2 aromatic carbocycles. The summed E-state index contributed by atoms with van der Waals surface area (Å²) < 4.78 is 25.5. The van der Waals surface area contributed by atoms with Gasteiger partial charge in [0.2, 0.25) is 0 Å². The van der Waals surface area contributed by atoms with Gasteiger partial charge in [-0.1, -0.05) is 56.3 Å². The van der Waals surface area contributed by atoms with Crippen LogP contribution in [-0.2, 0) is 6.42 Å². The summed E-state index contributed by atoms with van der Waals surface area (Å²) in [6, 6.07) is 13.6. The molecular formula is C18H20F2O. The Morgan fingerprint density at radius 3 is 2.10 bits per heavy atom. The van der Waals surface area contributed by atoms with Gasteiger partial charge in [-0.05, 0) is 35.1 Å². The van der Waals surface area contributed by atoms with Crippen LogP contribution in [0.5, 0.6) is 0 Å². The summed E-state index contributed by atoms with van der Waals surface area (Å²) in [6.45, 7) is 4.27. The van der Waals surface area contributed by atoms with Crippen LogP contribution in [0.2, 0.25) is 0 Å². The first kappa shape index (κ1) is 15.6. The van der Waals surface area contributed by atoms with Gasteiger partial charge in [0.05, 0.1) is 0 Å². The van der Waals surface area contributed by atoms with Gasteiger partial charge < -0.3 is 5.11 Å². The summed E-state index contributed by atoms with van der Waals surface area (Å²) >= 11 is 0. The Morgan fingerprint density at radius 1 is 0.905 bits per heavy atom. The molecule has 3 heteroatoms. The van der Waals surface area contributed by atoms with Crippen molar-refractivity contribution in [2.45, 2.75) is 32.8 Å². The molecule has 2 aromatic rings. The van der Waals surface area contributed by atoms with E-state index in [2.05, 4.69) is 13.8 Å². The van der Waals surface area contributed by atoms with Crippen molar-refractivity contribution in [2.24, 2.45) is 5.92 Å². The van der Waals surface area contributed by atoms with Gasteiger partial charge >= 0.3 is 0 Å². The van der Waals surface area contributed by atoms with Gasteiger partial charge in [0.25, 0.3) is 6.43 Å². The molecule has 0 saturated heterocycles. The van der Waals surface area contributed by atoms with Crippen LogP contribution >= 0.6 is 0 Å². The second kappa shape index (κ2) is 6.81. The van der Waals surface area contributed by atoms with Crippen molar-refractivity contribution < 1.29 is 13.9 Å². The third-order valence-corrected chi connectivity index (χ3v) is 3.39. The van der Waals surface area contributed by atoms with E-state index in [1.165, 1.54) is 12.1 Å². The molecule has 0 spiro atoms. The molecule has 1 N–H and O–H groups in total. The van der Waals surface area contributed by atoms with Gasteiger partial charge in [-0.25, -0.2) is 8.78 Å². The molecule has 0 radical (unpaired) electrons. The molecule has 0 heterocycles. The molecule has 0 aromatic heterocycles. The molecule has 0 bridgehead atoms. The number of alkyl halides is 2. The number of benzene rings is 2. The maximum Gasteiger partial charge on any atom is 0.263 e. The quantitative estimate of drug-likeness (QED) is 0.830. The number of hydrogen-bond acceptors (Lipinski definition) is 1. The fraction of sp³-hybridized carbons (Fsp3) is 0.333. The fourth-order valence-corrected chi connectivity index (χ4v) is 2.42. The van der Waals surface area contributed by atoms with E-state index in [1.807, 2.05) is 24.3 Å². The van der Waals surface area contributed by atoms with E-state index in [-0.39, 0.29) is 5.56 Å². The van der Waals surface area contributed by atoms with Gasteiger partial charge in [0.1, 0.15) is 6.10 Å². The highest BCUT2D eigenvalue weighted by molar-refractivity contribution is 5.35. The van der Waals surface area contributed by atoms with E-state index in [0.29, 0.717) is 11.5 Å². The lowest BCUT2D eigenvalue weighted by atomic mass is 9.95. The Kier molecular flexibility index (Phi) is 5.07. The third kappa shape index (κ3) is 4.11. The summed E-state index contributed by atoms with van der Waals surface area (Å²) in [5.74, 6) is 0.527. The standard InChI is InChI=1S/C18H20F2O/c1-12(2)9-13-5-3-6-14(10-13)17(21)15-7-4-8-16(11-15)18(19)20/h3-8,10-12,17-18,21H,9H2,1-2H3. The van der Waals surface area contributed by atoms with Gasteiger partial charge in [0.15, 0.2) is 0 Å². The highest BCUT2D eigenvalue weighted by Gasteiger charge is 2.14. The lowest BCUT2D eigenvalue weighted by Gasteiger charge is -2.14. The van der Waals surface area contributed by atoms with Gasteiger partial charge in [-0.3, -0.25) is 0 Å². The van der Waals surface area contributed by atoms with Crippen LogP contribution in [0.3, 0.4) is 0 Å². The second-order valence-electron chi connectivity index (χ2n) is 5.72. The molecule has 21 heavy (non-hydrogen) atoms. The van der Waals surface area contributed by atoms with Crippen molar-refractivity contribution in [3.63, 3.8) is 0 Å². The Labute approximate surface area is 124 Å². The molecule has 1 nitrogen and oxygen atoms in total. The van der Waals surface area contributed by atoms with Crippen molar-refractivity contribution in [1.29, 1.82) is 0 Å². The number of aliphatic hydroxyl groups is 1. The lowest BCUT2D eigenvalue weighted by Crippen LogP contribution is -2.02. The average Bonchev–Trinajstić information content (AvgIpc) is 2.46. The lowest BCUT2D eigenvalue weighted by molar-refractivity contribution is 0.150. The van der Waals surface area contributed by atoms with E-state index < -0.39 is 12.5 Å². The van der Waals surface area contributed by atoms with Gasteiger partial charge in [-0.15, -0.1) is 0 Å². The fourth-order valence-electron chi connectivity index (χ4n) is 2.42. The highest BCUT2D eigenvalue weighted by atomic mass is 19.3. The van der Waals surface area contributed by atoms with Crippen LogP contribution in [0.1, 0.15) is 48.6 Å². The zero-order valence-electron chi connectivity index (χ0n) is 12.3. The minimum Gasteiger partial charge on any atom is -0.384 e. The highest BCUT2D eigenvalue weighted by Crippen LogP contribution is 2.27. The normalized spacial score (nSPS) is 12.9. The van der Waals surface area contributed by atoms with Crippen LogP contribution in [0.15, 0.2) is 48.5 Å². The second-order valence-corrected chi connectivity index (χ2v) is 5.72. The van der Waals surface area contributed by atoms with Crippen LogP contribution in [0.25, 0.3) is 0 Å². The molecule has 1 unspecified atom stereocenters. The largest absolute Gasteiger partial charge is 0.384 e. The predicted octanol–water partition coefficient (Wildman–Crippen LogP) is 4.90. The molecular weight excluding hydrogens is 270 g/mol. The molecule has 0 saturated carbocycles. The van der Waals surface area contributed by atoms with E-state index in [9.17, 15) is 13.9 Å². The molecule has 0 aliphatic rings. The summed E-state index contributed by atoms with van der Waals surface area (Å²) in [6.07, 6.45) is -2.47. The summed E-state index contributed by atoms with van der Waals surface area (Å²) in [7, 11) is 0. The minimum absolute atomic E-state index is 0.0649. The smallest absolute Gasteiger partial charge is 0.263 e. The molecule has 1 atom stereocenters. The first-order chi connectivity index (χ1) is 9.97. The molecule has 0 amide bonds. The monoisotopic (exact) mass is 290 g/mol. The average molecular weight is 290 g/mol. The summed E-state index contributed by atoms with van der Waals surface area (Å²) in [4.78, 5) is 0. The maximum atomic E-state index is 12.7. The molecule has 0 aliphatic heterocycles. The number of aliphatic hydroxyl groups excluding tert-OH is 1. The van der Waals surface area contributed by atoms with Crippen molar-refractivity contribution in [2.75, 3.05) is 0 Å². The molecule has 2 rings (SSSR count). The molecule has 0 fully saturated rings. The Balaban J connectivity index is 2.27. The predicted molar refractivity (Wildman–Crippen MR) is 80.4 cm³/mol. The van der Waals surface area contributed by atoms with Crippen molar-refractivity contribution in [3.05, 3.63) is 70.8 Å². The van der Waals surface area contributed by atoms with Crippen LogP contribution in [-0.4, -0.2) is 5.11 Å². The van der Waals surface area contributed by atoms with Gasteiger partial charge in [-0.2, -0.15) is 0 Å². The van der Waals surface area contributed by atoms with E-state index in [4.69, 9.17) is 0 Å². The van der Waals surface area contributed by atoms with Crippen molar-refractivity contribution in [1.82, 2.24) is 0 Å². The third-order valence-electron chi connectivity index (χ3n) is 3.39. The van der Waals surface area contributed by atoms with Crippen LogP contribution in [0, 0.1) is 5.92 Å². The van der Waals surface area contributed by atoms with Crippen LogP contribution in [0.4, 0.5) is 8.78 Å². The van der Waals surface area contributed by atoms with E-state index in [0.717, 1.165) is 17.5 Å². The topological polar surface area (TPSA) is 20.2 Å². The van der Waals surface area contributed by atoms with Crippen LogP contribution < -0.4 is 0 Å². The zero-order valence-corrected chi connectivity index (χ0v) is 12.3. The van der Waals surface area contributed by atoms with Gasteiger partial charge in [0, 0.05) is 5.56 Å². The van der Waals surface area contributed by atoms with Crippen molar-refractivity contribution in [3.8, 4) is 0 Å². The first-order valence-corrected chi connectivity index (χ1v) is 7.12. The molecule has 0 aliphatic carbocycles. The number of halogens is 2. The minimum atomic E-state index is -2.52. The Bertz CT molecular complexity index is 593. The van der Waals surface area contributed by atoms with Crippen molar-refractivity contribution >= 4 is 0 Å². The Hall–Kier alpha value is -1.74. The Morgan fingerprint density at radius 2 is 1.48 bits per heavy atom. The van der Waals surface area contributed by atoms with E-state index in [1.54, 1.807) is 12.1 Å². The van der Waals surface area contributed by atoms with E-state index >= 15 is 0 Å².